The van der Waals surface area contributed by atoms with Crippen LogP contribution in [-0.4, -0.2) is 0 Å². The summed E-state index contributed by atoms with van der Waals surface area (Å²) >= 11 is 0. The second-order valence-corrected chi connectivity index (χ2v) is 3.42. The molecule has 2 fully saturated rings. The molecule has 8 heavy (non-hydrogen) atoms. The largest absolute Gasteiger partial charge is 0.0595 e. The standard InChI is InChI=1S/C8H10/c1-2-4-8-5-7(8)6(8)3-1/h1-5H2. The second-order valence-electron chi connectivity index (χ2n) is 3.42. The third-order valence-electron chi connectivity index (χ3n) is 3.09. The van der Waals surface area contributed by atoms with E-state index in [0.717, 1.165) is 5.41 Å². The van der Waals surface area contributed by atoms with Crippen LogP contribution < -0.4 is 0 Å². The first-order chi connectivity index (χ1) is 3.93. The predicted octanol–water partition coefficient (Wildman–Crippen LogP) is 2.26. The quantitative estimate of drug-likeness (QED) is 0.415. The molecule has 3 aliphatic rings. The number of hydrogen-bond acceptors (Lipinski definition) is 0. The zero-order chi connectivity index (χ0) is 5.19. The third-order valence-corrected chi connectivity index (χ3v) is 3.09. The minimum absolute atomic E-state index is 0.845. The maximum Gasteiger partial charge on any atom is 0.0164 e. The van der Waals surface area contributed by atoms with E-state index in [4.69, 9.17) is 0 Å². The number of rotatable bonds is 0. The molecule has 3 rings (SSSR count). The molecule has 1 spiro atoms. The summed E-state index contributed by atoms with van der Waals surface area (Å²) < 4.78 is 0. The van der Waals surface area contributed by atoms with E-state index in [1.54, 1.807) is 0 Å². The Morgan fingerprint density at radius 1 is 1.12 bits per heavy atom. The molecule has 2 saturated carbocycles. The monoisotopic (exact) mass is 106 g/mol. The van der Waals surface area contributed by atoms with E-state index in [2.05, 4.69) is 0 Å². The van der Waals surface area contributed by atoms with Gasteiger partial charge in [-0.1, -0.05) is 17.6 Å². The van der Waals surface area contributed by atoms with Crippen LogP contribution in [0.2, 0.25) is 0 Å². The first-order valence-corrected chi connectivity index (χ1v) is 3.66. The molecule has 1 atom stereocenters. The van der Waals surface area contributed by atoms with Crippen molar-refractivity contribution in [1.29, 1.82) is 0 Å². The summed E-state index contributed by atoms with van der Waals surface area (Å²) in [5.41, 5.74) is 4.59. The van der Waals surface area contributed by atoms with Gasteiger partial charge in [0.25, 0.3) is 0 Å². The first-order valence-electron chi connectivity index (χ1n) is 3.66. The fraction of sp³-hybridized carbons (Fsp3) is 0.750. The lowest BCUT2D eigenvalue weighted by Crippen LogP contribution is -1.99. The summed E-state index contributed by atoms with van der Waals surface area (Å²) in [4.78, 5) is 0. The Morgan fingerprint density at radius 3 is 2.62 bits per heavy atom. The van der Waals surface area contributed by atoms with Crippen LogP contribution >= 0.6 is 0 Å². The van der Waals surface area contributed by atoms with Gasteiger partial charge in [0.1, 0.15) is 0 Å². The Balaban J connectivity index is 2.01. The molecule has 0 aromatic heterocycles. The van der Waals surface area contributed by atoms with Crippen molar-refractivity contribution in [1.82, 2.24) is 0 Å². The highest BCUT2D eigenvalue weighted by atomic mass is 14.7. The van der Waals surface area contributed by atoms with Gasteiger partial charge >= 0.3 is 0 Å². The Bertz CT molecular complexity index is 188. The van der Waals surface area contributed by atoms with Crippen LogP contribution in [0.3, 0.4) is 0 Å². The van der Waals surface area contributed by atoms with Gasteiger partial charge in [0.05, 0.1) is 0 Å². The third kappa shape index (κ3) is 0.211. The normalized spacial score (nSPS) is 48.0. The van der Waals surface area contributed by atoms with Crippen LogP contribution in [0.15, 0.2) is 11.1 Å². The van der Waals surface area contributed by atoms with Gasteiger partial charge in [0.2, 0.25) is 0 Å². The van der Waals surface area contributed by atoms with E-state index in [0.29, 0.717) is 0 Å². The number of allylic oxidation sites excluding steroid dienone is 2. The zero-order valence-corrected chi connectivity index (χ0v) is 5.04. The number of hydrogen-bond donors (Lipinski definition) is 0. The molecule has 0 radical (unpaired) electrons. The molecule has 0 saturated heterocycles. The molecule has 1 unspecified atom stereocenters. The summed E-state index contributed by atoms with van der Waals surface area (Å²) in [6.45, 7) is 0. The van der Waals surface area contributed by atoms with Crippen molar-refractivity contribution in [3.63, 3.8) is 0 Å². The highest BCUT2D eigenvalue weighted by molar-refractivity contribution is 5.64. The average Bonchev–Trinajstić information content (AvgIpc) is 2.52. The van der Waals surface area contributed by atoms with Crippen LogP contribution in [-0.2, 0) is 0 Å². The van der Waals surface area contributed by atoms with Gasteiger partial charge in [-0.3, -0.25) is 0 Å². The van der Waals surface area contributed by atoms with Crippen molar-refractivity contribution < 1.29 is 0 Å². The second kappa shape index (κ2) is 0.792. The fourth-order valence-corrected chi connectivity index (χ4v) is 2.36. The molecule has 3 aliphatic carbocycles. The lowest BCUT2D eigenvalue weighted by molar-refractivity contribution is 0.497. The van der Waals surface area contributed by atoms with Crippen molar-refractivity contribution in [2.45, 2.75) is 32.1 Å². The van der Waals surface area contributed by atoms with Crippen LogP contribution in [0.4, 0.5) is 0 Å². The Hall–Kier alpha value is -0.260. The molecule has 0 aromatic rings. The maximum absolute atomic E-state index is 1.88. The van der Waals surface area contributed by atoms with Crippen molar-refractivity contribution in [3.8, 4) is 0 Å². The SMILES string of the molecule is C1CCC23CC2=C3C1. The topological polar surface area (TPSA) is 0 Å². The molecule has 0 bridgehead atoms. The van der Waals surface area contributed by atoms with Gasteiger partial charge in [-0.2, -0.15) is 0 Å². The maximum atomic E-state index is 1.88. The lowest BCUT2D eigenvalue weighted by atomic mass is 9.91. The van der Waals surface area contributed by atoms with Gasteiger partial charge in [0, 0.05) is 5.41 Å². The van der Waals surface area contributed by atoms with Crippen molar-refractivity contribution >= 4 is 0 Å². The van der Waals surface area contributed by atoms with Gasteiger partial charge in [-0.25, -0.2) is 0 Å². The van der Waals surface area contributed by atoms with Crippen LogP contribution in [0.25, 0.3) is 0 Å². The first kappa shape index (κ1) is 3.71. The molecule has 0 heterocycles. The molecular formula is C8H10. The van der Waals surface area contributed by atoms with E-state index >= 15 is 0 Å². The van der Waals surface area contributed by atoms with Gasteiger partial charge in [-0.05, 0) is 25.7 Å². The predicted molar refractivity (Wildman–Crippen MR) is 32.5 cm³/mol. The molecular weight excluding hydrogens is 96.1 g/mol. The Labute approximate surface area is 49.6 Å². The highest BCUT2D eigenvalue weighted by Gasteiger charge is 2.66. The van der Waals surface area contributed by atoms with E-state index in [9.17, 15) is 0 Å². The molecule has 0 heteroatoms. The summed E-state index contributed by atoms with van der Waals surface area (Å²) in [5, 5.41) is 0. The minimum atomic E-state index is 0.845. The zero-order valence-electron chi connectivity index (χ0n) is 5.04. The molecule has 42 valence electrons. The average molecular weight is 106 g/mol. The van der Waals surface area contributed by atoms with E-state index in [-0.39, 0.29) is 0 Å². The van der Waals surface area contributed by atoms with E-state index < -0.39 is 0 Å². The lowest BCUT2D eigenvalue weighted by Gasteiger charge is -2.13. The molecule has 0 amide bonds. The van der Waals surface area contributed by atoms with Crippen molar-refractivity contribution in [3.05, 3.63) is 11.1 Å². The van der Waals surface area contributed by atoms with Crippen LogP contribution in [0.5, 0.6) is 0 Å². The minimum Gasteiger partial charge on any atom is -0.0595 e. The smallest absolute Gasteiger partial charge is 0.0164 e. The molecule has 0 aromatic carbocycles. The summed E-state index contributed by atoms with van der Waals surface area (Å²) in [7, 11) is 0. The molecule has 0 aliphatic heterocycles. The summed E-state index contributed by atoms with van der Waals surface area (Å²) in [5.74, 6) is 0. The van der Waals surface area contributed by atoms with Gasteiger partial charge in [-0.15, -0.1) is 0 Å². The Morgan fingerprint density at radius 2 is 2.12 bits per heavy atom. The van der Waals surface area contributed by atoms with Crippen LogP contribution in [0.1, 0.15) is 32.1 Å². The van der Waals surface area contributed by atoms with Gasteiger partial charge in [0.15, 0.2) is 0 Å². The molecule has 0 nitrogen and oxygen atoms in total. The van der Waals surface area contributed by atoms with Gasteiger partial charge < -0.3 is 0 Å². The molecule has 0 N–H and O–H groups in total. The summed E-state index contributed by atoms with van der Waals surface area (Å²) in [6, 6.07) is 0. The van der Waals surface area contributed by atoms with E-state index in [1.807, 2.05) is 11.1 Å². The van der Waals surface area contributed by atoms with Crippen molar-refractivity contribution in [2.24, 2.45) is 5.41 Å². The highest BCUT2D eigenvalue weighted by Crippen LogP contribution is 2.79. The summed E-state index contributed by atoms with van der Waals surface area (Å²) in [6.07, 6.45) is 7.49. The fourth-order valence-electron chi connectivity index (χ4n) is 2.36. The Kier molecular flexibility index (Phi) is 0.367. The van der Waals surface area contributed by atoms with Crippen LogP contribution in [0, 0.1) is 5.41 Å². The van der Waals surface area contributed by atoms with Crippen molar-refractivity contribution in [2.75, 3.05) is 0 Å². The van der Waals surface area contributed by atoms with E-state index in [1.165, 1.54) is 32.1 Å².